The average Bonchev–Trinajstić information content (AvgIpc) is 2.89. The minimum absolute atomic E-state index is 0.0560. The summed E-state index contributed by atoms with van der Waals surface area (Å²) in [6.07, 6.45) is -4.09. The first kappa shape index (κ1) is 26.9. The number of rotatable bonds is 10. The molecular weight excluding hydrogens is 478 g/mol. The van der Waals surface area contributed by atoms with Gasteiger partial charge in [0.15, 0.2) is 0 Å². The van der Waals surface area contributed by atoms with Crippen LogP contribution in [-0.4, -0.2) is 48.2 Å². The van der Waals surface area contributed by atoms with E-state index in [4.69, 9.17) is 14.2 Å². The summed E-state index contributed by atoms with van der Waals surface area (Å²) in [5.41, 5.74) is 2.30. The van der Waals surface area contributed by atoms with E-state index in [1.54, 1.807) is 62.4 Å². The van der Waals surface area contributed by atoms with Gasteiger partial charge < -0.3 is 24.6 Å². The van der Waals surface area contributed by atoms with Crippen LogP contribution in [0.5, 0.6) is 5.75 Å². The van der Waals surface area contributed by atoms with Crippen LogP contribution in [0.3, 0.4) is 0 Å². The van der Waals surface area contributed by atoms with E-state index in [0.717, 1.165) is 11.1 Å². The van der Waals surface area contributed by atoms with Gasteiger partial charge in [0.05, 0.1) is 18.2 Å². The van der Waals surface area contributed by atoms with E-state index < -0.39 is 36.0 Å². The number of carboxylic acid groups (broad SMARTS) is 1. The van der Waals surface area contributed by atoms with E-state index in [1.807, 2.05) is 0 Å². The number of hydrogen-bond acceptors (Lipinski definition) is 7. The molecule has 2 N–H and O–H groups in total. The number of amides is 1. The van der Waals surface area contributed by atoms with Crippen LogP contribution in [0, 0.1) is 13.8 Å². The van der Waals surface area contributed by atoms with Crippen LogP contribution in [0.1, 0.15) is 37.4 Å². The zero-order chi connectivity index (χ0) is 26.9. The van der Waals surface area contributed by atoms with Crippen LogP contribution >= 0.6 is 0 Å². The highest BCUT2D eigenvalue weighted by Gasteiger charge is 2.41. The van der Waals surface area contributed by atoms with E-state index in [9.17, 15) is 24.3 Å². The van der Waals surface area contributed by atoms with E-state index in [-0.39, 0.29) is 17.7 Å². The largest absolute Gasteiger partial charge is 0.496 e. The van der Waals surface area contributed by atoms with Crippen molar-refractivity contribution in [1.29, 1.82) is 0 Å². The van der Waals surface area contributed by atoms with Crippen LogP contribution < -0.4 is 10.1 Å². The zero-order valence-electron chi connectivity index (χ0n) is 20.6. The molecule has 2 atom stereocenters. The van der Waals surface area contributed by atoms with Crippen molar-refractivity contribution >= 4 is 23.8 Å². The Morgan fingerprint density at radius 2 is 1.32 bits per heavy atom. The fraction of sp³-hybridized carbons (Fsp3) is 0.214. The zero-order valence-corrected chi connectivity index (χ0v) is 20.6. The Balaban J connectivity index is 1.89. The van der Waals surface area contributed by atoms with Crippen molar-refractivity contribution in [2.24, 2.45) is 0 Å². The predicted octanol–water partition coefficient (Wildman–Crippen LogP) is 3.46. The molecule has 0 aliphatic carbocycles. The normalized spacial score (nSPS) is 12.1. The van der Waals surface area contributed by atoms with Crippen LogP contribution in [0.25, 0.3) is 0 Å². The molecule has 0 radical (unpaired) electrons. The van der Waals surface area contributed by atoms with Gasteiger partial charge in [0.25, 0.3) is 5.91 Å². The first-order valence-electron chi connectivity index (χ1n) is 11.4. The fourth-order valence-corrected chi connectivity index (χ4v) is 3.54. The Bertz CT molecular complexity index is 1300. The molecule has 3 rings (SSSR count). The number of aryl methyl sites for hydroxylation is 2. The van der Waals surface area contributed by atoms with Gasteiger partial charge in [-0.1, -0.05) is 53.6 Å². The van der Waals surface area contributed by atoms with Crippen LogP contribution in [0.4, 0.5) is 0 Å². The lowest BCUT2D eigenvalue weighted by Crippen LogP contribution is -2.50. The quantitative estimate of drug-likeness (QED) is 0.401. The Kier molecular flexibility index (Phi) is 8.99. The molecular formula is C28H27NO8. The van der Waals surface area contributed by atoms with Crippen LogP contribution in [0.15, 0.2) is 72.8 Å². The topological polar surface area (TPSA) is 128 Å². The van der Waals surface area contributed by atoms with Gasteiger partial charge in [0.1, 0.15) is 5.75 Å². The third-order valence-corrected chi connectivity index (χ3v) is 5.40. The lowest BCUT2D eigenvalue weighted by atomic mass is 10.1. The van der Waals surface area contributed by atoms with E-state index in [2.05, 4.69) is 5.32 Å². The molecule has 0 heterocycles. The number of carbonyl (C=O) groups is 4. The molecule has 0 fully saturated rings. The molecule has 192 valence electrons. The summed E-state index contributed by atoms with van der Waals surface area (Å²) >= 11 is 0. The van der Waals surface area contributed by atoms with Gasteiger partial charge in [0, 0.05) is 12.1 Å². The number of para-hydroxylation sites is 1. The number of carboxylic acids is 1. The highest BCUT2D eigenvalue weighted by Crippen LogP contribution is 2.18. The highest BCUT2D eigenvalue weighted by atomic mass is 16.6. The second-order valence-corrected chi connectivity index (χ2v) is 8.26. The average molecular weight is 506 g/mol. The van der Waals surface area contributed by atoms with E-state index >= 15 is 0 Å². The minimum Gasteiger partial charge on any atom is -0.496 e. The minimum atomic E-state index is -2.11. The molecule has 0 bridgehead atoms. The third kappa shape index (κ3) is 7.17. The number of esters is 2. The molecule has 3 aromatic carbocycles. The summed E-state index contributed by atoms with van der Waals surface area (Å²) in [4.78, 5) is 50.9. The fourth-order valence-electron chi connectivity index (χ4n) is 3.54. The van der Waals surface area contributed by atoms with Crippen molar-refractivity contribution in [3.05, 3.63) is 101 Å². The maximum Gasteiger partial charge on any atom is 0.349 e. The van der Waals surface area contributed by atoms with Gasteiger partial charge in [-0.2, -0.15) is 0 Å². The summed E-state index contributed by atoms with van der Waals surface area (Å²) in [5, 5.41) is 12.4. The van der Waals surface area contributed by atoms with Gasteiger partial charge >= 0.3 is 17.9 Å². The third-order valence-electron chi connectivity index (χ3n) is 5.40. The highest BCUT2D eigenvalue weighted by molar-refractivity contribution is 5.96. The molecule has 9 nitrogen and oxygen atoms in total. The maximum absolute atomic E-state index is 13.2. The second kappa shape index (κ2) is 12.3. The Labute approximate surface area is 214 Å². The standard InChI is InChI=1S/C28H27NO8/c1-17-8-6-11-19(14-17)27(33)36-23(25(30)29-16-21-10-4-5-13-22(21)35-3)24(26(31)32)37-28(34)20-12-7-9-18(2)15-20/h4-15,23-24H,16H2,1-3H3,(H,29,30)(H,31,32)/t23-,24+/m1/s1. The van der Waals surface area contributed by atoms with Gasteiger partial charge in [-0.05, 0) is 44.2 Å². The lowest BCUT2D eigenvalue weighted by molar-refractivity contribution is -0.159. The van der Waals surface area contributed by atoms with Gasteiger partial charge in [0.2, 0.25) is 12.2 Å². The number of carbonyl (C=O) groups excluding carboxylic acids is 3. The van der Waals surface area contributed by atoms with Crippen molar-refractivity contribution in [3.63, 3.8) is 0 Å². The number of nitrogens with one attached hydrogen (secondary N) is 1. The molecule has 0 unspecified atom stereocenters. The summed E-state index contributed by atoms with van der Waals surface area (Å²) in [5.74, 6) is -4.05. The molecule has 0 aliphatic rings. The SMILES string of the molecule is COc1ccccc1CNC(=O)[C@H](OC(=O)c1cccc(C)c1)[C@H](OC(=O)c1cccc(C)c1)C(=O)O. The van der Waals surface area contributed by atoms with Crippen molar-refractivity contribution in [2.75, 3.05) is 7.11 Å². The summed E-state index contributed by atoms with van der Waals surface area (Å²) < 4.78 is 15.8. The number of aliphatic carboxylic acids is 1. The molecule has 1 amide bonds. The summed E-state index contributed by atoms with van der Waals surface area (Å²) in [7, 11) is 1.47. The summed E-state index contributed by atoms with van der Waals surface area (Å²) in [6, 6.07) is 19.6. The maximum atomic E-state index is 13.2. The molecule has 0 saturated heterocycles. The van der Waals surface area contributed by atoms with Gasteiger partial charge in [-0.3, -0.25) is 4.79 Å². The molecule has 37 heavy (non-hydrogen) atoms. The molecule has 0 aliphatic heterocycles. The Morgan fingerprint density at radius 1 is 0.784 bits per heavy atom. The smallest absolute Gasteiger partial charge is 0.349 e. The van der Waals surface area contributed by atoms with Crippen molar-refractivity contribution in [1.82, 2.24) is 5.32 Å². The molecule has 0 aromatic heterocycles. The Hall–Kier alpha value is -4.66. The van der Waals surface area contributed by atoms with Gasteiger partial charge in [-0.25, -0.2) is 14.4 Å². The Morgan fingerprint density at radius 3 is 1.84 bits per heavy atom. The number of methoxy groups -OCH3 is 1. The second-order valence-electron chi connectivity index (χ2n) is 8.26. The van der Waals surface area contributed by atoms with Crippen molar-refractivity contribution < 1.29 is 38.5 Å². The van der Waals surface area contributed by atoms with E-state index in [0.29, 0.717) is 11.3 Å². The van der Waals surface area contributed by atoms with Crippen molar-refractivity contribution in [2.45, 2.75) is 32.6 Å². The predicted molar refractivity (Wildman–Crippen MR) is 133 cm³/mol. The van der Waals surface area contributed by atoms with Gasteiger partial charge in [-0.15, -0.1) is 0 Å². The first-order valence-corrected chi connectivity index (χ1v) is 11.4. The van der Waals surface area contributed by atoms with Crippen LogP contribution in [-0.2, 0) is 25.6 Å². The van der Waals surface area contributed by atoms with Crippen molar-refractivity contribution in [3.8, 4) is 5.75 Å². The number of ether oxygens (including phenoxy) is 3. The number of benzene rings is 3. The molecule has 9 heteroatoms. The molecule has 0 spiro atoms. The molecule has 0 saturated carbocycles. The number of hydrogen-bond donors (Lipinski definition) is 2. The molecule has 3 aromatic rings. The first-order chi connectivity index (χ1) is 17.7. The monoisotopic (exact) mass is 505 g/mol. The lowest BCUT2D eigenvalue weighted by Gasteiger charge is -2.24. The summed E-state index contributed by atoms with van der Waals surface area (Å²) in [6.45, 7) is 3.46. The van der Waals surface area contributed by atoms with E-state index in [1.165, 1.54) is 31.4 Å². The van der Waals surface area contributed by atoms with Crippen LogP contribution in [0.2, 0.25) is 0 Å².